The molecule has 1 N–H and O–H groups in total. The minimum absolute atomic E-state index is 0.00350. The van der Waals surface area contributed by atoms with Crippen LogP contribution < -0.4 is 5.32 Å². The lowest BCUT2D eigenvalue weighted by atomic mass is 10.1. The molecule has 0 saturated heterocycles. The fraction of sp³-hybridized carbons (Fsp3) is 0.231. The Bertz CT molecular complexity index is 1730. The van der Waals surface area contributed by atoms with Gasteiger partial charge in [-0.15, -0.1) is 11.8 Å². The van der Waals surface area contributed by atoms with E-state index in [4.69, 9.17) is 13.9 Å². The van der Waals surface area contributed by atoms with Crippen LogP contribution in [0.15, 0.2) is 132 Å². The van der Waals surface area contributed by atoms with E-state index in [0.29, 0.717) is 19.3 Å². The van der Waals surface area contributed by atoms with Gasteiger partial charge in [-0.25, -0.2) is 9.78 Å². The molecule has 5 aromatic rings. The first kappa shape index (κ1) is 34.2. The van der Waals surface area contributed by atoms with Crippen LogP contribution in [0.2, 0.25) is 0 Å². The van der Waals surface area contributed by atoms with E-state index in [2.05, 4.69) is 10.3 Å². The maximum Gasteiger partial charge on any atom is 0.361 e. The minimum atomic E-state index is -0.703. The lowest BCUT2D eigenvalue weighted by molar-refractivity contribution is -0.144. The number of carbonyl (C=O) groups is 3. The molecule has 3 atom stereocenters. The lowest BCUT2D eigenvalue weighted by Crippen LogP contribution is -2.38. The summed E-state index contributed by atoms with van der Waals surface area (Å²) in [6, 6.07) is 37.7. The van der Waals surface area contributed by atoms with E-state index < -0.39 is 22.5 Å². The van der Waals surface area contributed by atoms with Gasteiger partial charge in [-0.1, -0.05) is 121 Å². The van der Waals surface area contributed by atoms with E-state index >= 15 is 0 Å². The van der Waals surface area contributed by atoms with Crippen molar-refractivity contribution in [3.05, 3.63) is 161 Å². The molecular weight excluding hydrogens is 625 g/mol. The third kappa shape index (κ3) is 10.2. The number of rotatable bonds is 16. The van der Waals surface area contributed by atoms with Gasteiger partial charge < -0.3 is 19.2 Å². The zero-order chi connectivity index (χ0) is 33.6. The molecule has 0 saturated carbocycles. The summed E-state index contributed by atoms with van der Waals surface area (Å²) in [5, 5.41) is 1.72. The maximum absolute atomic E-state index is 14.0. The maximum atomic E-state index is 14.0. The number of aromatic nitrogens is 1. The highest BCUT2D eigenvalue weighted by Gasteiger charge is 2.32. The zero-order valence-electron chi connectivity index (χ0n) is 26.7. The van der Waals surface area contributed by atoms with E-state index in [9.17, 15) is 14.4 Å². The van der Waals surface area contributed by atoms with E-state index in [1.165, 1.54) is 11.8 Å². The minimum Gasteiger partial charge on any atom is -0.460 e. The Balaban J connectivity index is 1.31. The molecule has 8 nitrogen and oxygen atoms in total. The van der Waals surface area contributed by atoms with Crippen LogP contribution in [-0.4, -0.2) is 33.3 Å². The predicted octanol–water partition coefficient (Wildman–Crippen LogP) is 7.30. The predicted molar refractivity (Wildman–Crippen MR) is 185 cm³/mol. The number of carbonyl (C=O) groups excluding carboxylic acids is 3. The summed E-state index contributed by atoms with van der Waals surface area (Å²) in [4.78, 5) is 44.6. The van der Waals surface area contributed by atoms with Gasteiger partial charge in [0.1, 0.15) is 18.5 Å². The third-order valence-corrected chi connectivity index (χ3v) is 9.13. The topological polar surface area (TPSA) is 108 Å². The summed E-state index contributed by atoms with van der Waals surface area (Å²) < 4.78 is 16.8. The number of amides is 1. The number of nitrogens with zero attached hydrogens (tertiary/aromatic N) is 1. The smallest absolute Gasteiger partial charge is 0.361 e. The first-order chi connectivity index (χ1) is 23.5. The van der Waals surface area contributed by atoms with Gasteiger partial charge in [-0.05, 0) is 48.4 Å². The number of thioether (sulfide) groups is 1. The molecule has 5 rings (SSSR count). The Morgan fingerprint density at radius 3 is 1.81 bits per heavy atom. The SMILES string of the molecule is CC(NC(=O)C(Cc1ccccc1)SC(CCc1ccccc1)C(=O)OCc1ccccc1)c1ocnc1C(=O)OCc1ccccc1. The van der Waals surface area contributed by atoms with Crippen LogP contribution in [0.3, 0.4) is 0 Å². The number of hydrogen-bond donors (Lipinski definition) is 1. The molecule has 0 aliphatic heterocycles. The van der Waals surface area contributed by atoms with E-state index in [-0.39, 0.29) is 36.5 Å². The number of ether oxygens (including phenoxy) is 2. The van der Waals surface area contributed by atoms with Crippen molar-refractivity contribution in [3.8, 4) is 0 Å². The largest absolute Gasteiger partial charge is 0.460 e. The van der Waals surface area contributed by atoms with Gasteiger partial charge in [0.25, 0.3) is 0 Å². The number of aryl methyl sites for hydroxylation is 1. The highest BCUT2D eigenvalue weighted by atomic mass is 32.2. The molecular formula is C39H38N2O6S. The first-order valence-electron chi connectivity index (χ1n) is 15.8. The molecule has 1 aromatic heterocycles. The fourth-order valence-electron chi connectivity index (χ4n) is 5.11. The van der Waals surface area contributed by atoms with Crippen LogP contribution in [0.1, 0.15) is 57.9 Å². The summed E-state index contributed by atoms with van der Waals surface area (Å²) in [6.07, 6.45) is 2.66. The van der Waals surface area contributed by atoms with E-state index in [1.807, 2.05) is 121 Å². The first-order valence-corrected chi connectivity index (χ1v) is 16.8. The quantitative estimate of drug-likeness (QED) is 0.110. The van der Waals surface area contributed by atoms with Gasteiger partial charge in [0.15, 0.2) is 17.8 Å². The van der Waals surface area contributed by atoms with E-state index in [1.54, 1.807) is 6.92 Å². The average Bonchev–Trinajstić information content (AvgIpc) is 3.63. The molecule has 1 amide bonds. The molecule has 1 heterocycles. The molecule has 0 radical (unpaired) electrons. The molecule has 3 unspecified atom stereocenters. The number of hydrogen-bond acceptors (Lipinski definition) is 8. The second kappa shape index (κ2) is 17.7. The molecule has 246 valence electrons. The van der Waals surface area contributed by atoms with Crippen molar-refractivity contribution in [1.82, 2.24) is 10.3 Å². The van der Waals surface area contributed by atoms with Crippen molar-refractivity contribution in [2.24, 2.45) is 0 Å². The average molecular weight is 663 g/mol. The number of esters is 2. The number of benzene rings is 4. The standard InChI is InChI=1S/C39H38N2O6S/c1-28(36-35(40-27-47-36)39(44)46-26-32-20-12-5-13-21-32)41-37(42)34(24-30-16-8-3-9-17-30)48-33(23-22-29-14-6-2-7-15-29)38(43)45-25-31-18-10-4-11-19-31/h2-21,27-28,33-34H,22-26H2,1H3,(H,41,42). The number of nitrogens with one attached hydrogen (secondary N) is 1. The molecule has 0 aliphatic carbocycles. The molecule has 9 heteroatoms. The van der Waals surface area contributed by atoms with Crippen molar-refractivity contribution in [3.63, 3.8) is 0 Å². The van der Waals surface area contributed by atoms with Crippen LogP contribution >= 0.6 is 11.8 Å². The van der Waals surface area contributed by atoms with Crippen LogP contribution in [-0.2, 0) is 45.1 Å². The highest BCUT2D eigenvalue weighted by molar-refractivity contribution is 8.01. The van der Waals surface area contributed by atoms with Crippen molar-refractivity contribution in [2.45, 2.75) is 55.9 Å². The Morgan fingerprint density at radius 1 is 0.708 bits per heavy atom. The summed E-state index contributed by atoms with van der Waals surface area (Å²) in [5.74, 6) is -1.15. The summed E-state index contributed by atoms with van der Waals surface area (Å²) >= 11 is 1.29. The van der Waals surface area contributed by atoms with Gasteiger partial charge in [-0.2, -0.15) is 0 Å². The Labute approximate surface area is 284 Å². The summed E-state index contributed by atoms with van der Waals surface area (Å²) in [6.45, 7) is 1.94. The lowest BCUT2D eigenvalue weighted by Gasteiger charge is -2.24. The molecule has 0 aliphatic rings. The zero-order valence-corrected chi connectivity index (χ0v) is 27.5. The van der Waals surface area contributed by atoms with Crippen molar-refractivity contribution in [2.75, 3.05) is 0 Å². The molecule has 0 spiro atoms. The Hall–Kier alpha value is -5.15. The van der Waals surface area contributed by atoms with Crippen molar-refractivity contribution in [1.29, 1.82) is 0 Å². The third-order valence-electron chi connectivity index (χ3n) is 7.66. The highest BCUT2D eigenvalue weighted by Crippen LogP contribution is 2.28. The fourth-order valence-corrected chi connectivity index (χ4v) is 6.42. The molecule has 0 fully saturated rings. The van der Waals surface area contributed by atoms with Gasteiger partial charge in [0.2, 0.25) is 5.91 Å². The van der Waals surface area contributed by atoms with Crippen molar-refractivity contribution >= 4 is 29.6 Å². The molecule has 0 bridgehead atoms. The second-order valence-electron chi connectivity index (χ2n) is 11.3. The monoisotopic (exact) mass is 662 g/mol. The normalized spacial score (nSPS) is 12.8. The Kier molecular flexibility index (Phi) is 12.6. The second-order valence-corrected chi connectivity index (χ2v) is 12.7. The van der Waals surface area contributed by atoms with Crippen LogP contribution in [0.25, 0.3) is 0 Å². The van der Waals surface area contributed by atoms with Gasteiger partial charge >= 0.3 is 11.9 Å². The van der Waals surface area contributed by atoms with Crippen molar-refractivity contribution < 1.29 is 28.3 Å². The molecule has 4 aromatic carbocycles. The van der Waals surface area contributed by atoms with Crippen LogP contribution in [0.5, 0.6) is 0 Å². The summed E-state index contributed by atoms with van der Waals surface area (Å²) in [7, 11) is 0. The van der Waals surface area contributed by atoms with Gasteiger partial charge in [0, 0.05) is 0 Å². The number of oxazole rings is 1. The van der Waals surface area contributed by atoms with Crippen LogP contribution in [0.4, 0.5) is 0 Å². The molecule has 48 heavy (non-hydrogen) atoms. The van der Waals surface area contributed by atoms with Crippen LogP contribution in [0, 0.1) is 0 Å². The van der Waals surface area contributed by atoms with E-state index in [0.717, 1.165) is 28.6 Å². The Morgan fingerprint density at radius 2 is 1.23 bits per heavy atom. The summed E-state index contributed by atoms with van der Waals surface area (Å²) in [5.41, 5.74) is 3.75. The van der Waals surface area contributed by atoms with Gasteiger partial charge in [0.05, 0.1) is 11.3 Å². The van der Waals surface area contributed by atoms with Gasteiger partial charge in [-0.3, -0.25) is 9.59 Å².